The second-order valence-corrected chi connectivity index (χ2v) is 6.86. The first kappa shape index (κ1) is 20.9. The number of nitro groups is 1. The highest BCUT2D eigenvalue weighted by atomic mass is 16.6. The lowest BCUT2D eigenvalue weighted by Crippen LogP contribution is -2.05. The van der Waals surface area contributed by atoms with E-state index in [2.05, 4.69) is 27.5 Å². The lowest BCUT2D eigenvalue weighted by Gasteiger charge is -2.11. The van der Waals surface area contributed by atoms with Gasteiger partial charge in [-0.3, -0.25) is 14.9 Å². The molecule has 0 aliphatic carbocycles. The molecule has 2 N–H and O–H groups in total. The van der Waals surface area contributed by atoms with Gasteiger partial charge in [-0.05, 0) is 61.7 Å². The minimum atomic E-state index is -0.524. The van der Waals surface area contributed by atoms with Crippen LogP contribution in [0.15, 0.2) is 54.9 Å². The van der Waals surface area contributed by atoms with Crippen LogP contribution >= 0.6 is 0 Å². The Morgan fingerprint density at radius 1 is 0.967 bits per heavy atom. The molecule has 8 nitrogen and oxygen atoms in total. The first-order chi connectivity index (χ1) is 14.5. The summed E-state index contributed by atoms with van der Waals surface area (Å²) in [5.74, 6) is 0.105. The van der Waals surface area contributed by atoms with Crippen molar-refractivity contribution in [1.82, 2.24) is 9.97 Å². The number of anilines is 4. The van der Waals surface area contributed by atoms with E-state index in [1.165, 1.54) is 18.8 Å². The zero-order valence-electron chi connectivity index (χ0n) is 16.9. The fourth-order valence-corrected chi connectivity index (χ4v) is 2.93. The van der Waals surface area contributed by atoms with Gasteiger partial charge in [0.05, 0.1) is 4.92 Å². The van der Waals surface area contributed by atoms with E-state index in [0.29, 0.717) is 16.9 Å². The van der Waals surface area contributed by atoms with Gasteiger partial charge in [-0.1, -0.05) is 25.5 Å². The minimum absolute atomic E-state index is 0.0539. The molecule has 0 atom stereocenters. The van der Waals surface area contributed by atoms with Gasteiger partial charge in [0.15, 0.2) is 5.78 Å². The Kier molecular flexibility index (Phi) is 6.69. The number of aromatic nitrogens is 2. The molecule has 0 saturated carbocycles. The van der Waals surface area contributed by atoms with Crippen molar-refractivity contribution in [1.29, 1.82) is 0 Å². The largest absolute Gasteiger partial charge is 0.353 e. The van der Waals surface area contributed by atoms with Gasteiger partial charge in [-0.25, -0.2) is 9.97 Å². The molecule has 30 heavy (non-hydrogen) atoms. The summed E-state index contributed by atoms with van der Waals surface area (Å²) in [5.41, 5.74) is 2.79. The number of carbonyl (C=O) groups excluding carboxylic acids is 1. The third-order valence-corrected chi connectivity index (χ3v) is 4.59. The highest BCUT2D eigenvalue weighted by Gasteiger charge is 2.23. The van der Waals surface area contributed by atoms with Gasteiger partial charge >= 0.3 is 5.69 Å². The topological polar surface area (TPSA) is 110 Å². The third-order valence-electron chi connectivity index (χ3n) is 4.59. The van der Waals surface area contributed by atoms with Crippen LogP contribution in [-0.2, 0) is 6.42 Å². The number of hydrogen-bond acceptors (Lipinski definition) is 7. The maximum Gasteiger partial charge on any atom is 0.353 e. The molecule has 0 saturated heterocycles. The van der Waals surface area contributed by atoms with E-state index in [1.807, 2.05) is 24.3 Å². The highest BCUT2D eigenvalue weighted by molar-refractivity contribution is 5.94. The van der Waals surface area contributed by atoms with Gasteiger partial charge < -0.3 is 10.6 Å². The number of hydrogen-bond donors (Lipinski definition) is 2. The van der Waals surface area contributed by atoms with Crippen LogP contribution in [0.5, 0.6) is 0 Å². The Labute approximate surface area is 174 Å². The standard InChI is InChI=1S/C22H23N5O3/c1-3-4-5-16-6-10-18(11-7-16)25-21-20(27(29)30)22(24-14-23-21)26-19-12-8-17(9-13-19)15(2)28/h6-14H,3-5H2,1-2H3,(H2,23,24,25,26). The SMILES string of the molecule is CCCCc1ccc(Nc2ncnc(Nc3ccc(C(C)=O)cc3)c2[N+](=O)[O-])cc1. The summed E-state index contributed by atoms with van der Waals surface area (Å²) in [6.45, 7) is 3.62. The van der Waals surface area contributed by atoms with E-state index in [4.69, 9.17) is 0 Å². The third kappa shape index (κ3) is 5.16. The van der Waals surface area contributed by atoms with E-state index in [1.54, 1.807) is 24.3 Å². The number of carbonyl (C=O) groups is 1. The normalized spacial score (nSPS) is 10.5. The van der Waals surface area contributed by atoms with Crippen LogP contribution < -0.4 is 10.6 Å². The van der Waals surface area contributed by atoms with Crippen LogP contribution in [0.4, 0.5) is 28.7 Å². The molecule has 3 rings (SSSR count). The molecular formula is C22H23N5O3. The summed E-state index contributed by atoms with van der Waals surface area (Å²) < 4.78 is 0. The quantitative estimate of drug-likeness (QED) is 0.278. The van der Waals surface area contributed by atoms with Crippen molar-refractivity contribution in [2.45, 2.75) is 33.1 Å². The minimum Gasteiger partial charge on any atom is -0.334 e. The van der Waals surface area contributed by atoms with Crippen molar-refractivity contribution in [2.75, 3.05) is 10.6 Å². The van der Waals surface area contributed by atoms with Crippen LogP contribution in [0.3, 0.4) is 0 Å². The monoisotopic (exact) mass is 405 g/mol. The number of benzene rings is 2. The van der Waals surface area contributed by atoms with Gasteiger partial charge in [0.25, 0.3) is 0 Å². The summed E-state index contributed by atoms with van der Waals surface area (Å²) in [7, 11) is 0. The van der Waals surface area contributed by atoms with Crippen LogP contribution in [0.1, 0.15) is 42.6 Å². The summed E-state index contributed by atoms with van der Waals surface area (Å²) in [4.78, 5) is 30.7. The molecule has 3 aromatic rings. The summed E-state index contributed by atoms with van der Waals surface area (Å²) >= 11 is 0. The summed E-state index contributed by atoms with van der Waals surface area (Å²) in [6.07, 6.45) is 4.51. The van der Waals surface area contributed by atoms with Crippen LogP contribution in [0.2, 0.25) is 0 Å². The van der Waals surface area contributed by atoms with Gasteiger partial charge in [0, 0.05) is 16.9 Å². The average Bonchev–Trinajstić information content (AvgIpc) is 2.73. The fourth-order valence-electron chi connectivity index (χ4n) is 2.93. The number of Topliss-reactive ketones (excluding diaryl/α,β-unsaturated/α-hetero) is 1. The number of nitrogens with zero attached hydrogens (tertiary/aromatic N) is 3. The Morgan fingerprint density at radius 2 is 1.50 bits per heavy atom. The average molecular weight is 405 g/mol. The van der Waals surface area contributed by atoms with Gasteiger partial charge in [0.2, 0.25) is 11.6 Å². The predicted octanol–water partition coefficient (Wildman–Crippen LogP) is 5.42. The van der Waals surface area contributed by atoms with Crippen molar-refractivity contribution < 1.29 is 9.72 Å². The Bertz CT molecular complexity index is 1030. The molecule has 1 heterocycles. The molecule has 0 spiro atoms. The smallest absolute Gasteiger partial charge is 0.334 e. The van der Waals surface area contributed by atoms with Crippen molar-refractivity contribution >= 4 is 34.5 Å². The zero-order chi connectivity index (χ0) is 21.5. The van der Waals surface area contributed by atoms with Crippen molar-refractivity contribution in [3.63, 3.8) is 0 Å². The number of aryl methyl sites for hydroxylation is 1. The molecule has 0 fully saturated rings. The Balaban J connectivity index is 1.83. The molecule has 0 aliphatic heterocycles. The van der Waals surface area contributed by atoms with Crippen molar-refractivity contribution in [2.24, 2.45) is 0 Å². The fraction of sp³-hybridized carbons (Fsp3) is 0.227. The lowest BCUT2D eigenvalue weighted by atomic mass is 10.1. The predicted molar refractivity (Wildman–Crippen MR) is 117 cm³/mol. The summed E-state index contributed by atoms with van der Waals surface area (Å²) in [6, 6.07) is 14.4. The molecule has 0 amide bonds. The number of rotatable bonds is 9. The maximum absolute atomic E-state index is 11.7. The molecule has 0 bridgehead atoms. The molecule has 1 aromatic heterocycles. The lowest BCUT2D eigenvalue weighted by molar-refractivity contribution is -0.383. The van der Waals surface area contributed by atoms with Crippen LogP contribution in [-0.4, -0.2) is 20.7 Å². The molecule has 2 aromatic carbocycles. The molecule has 8 heteroatoms. The number of ketones is 1. The van der Waals surface area contributed by atoms with Crippen LogP contribution in [0.25, 0.3) is 0 Å². The van der Waals surface area contributed by atoms with E-state index >= 15 is 0 Å². The second-order valence-electron chi connectivity index (χ2n) is 6.86. The highest BCUT2D eigenvalue weighted by Crippen LogP contribution is 2.33. The Hall–Kier alpha value is -3.81. The van der Waals surface area contributed by atoms with Gasteiger partial charge in [0.1, 0.15) is 6.33 Å². The first-order valence-corrected chi connectivity index (χ1v) is 9.71. The van der Waals surface area contributed by atoms with Crippen LogP contribution in [0, 0.1) is 10.1 Å². The Morgan fingerprint density at radius 3 is 1.97 bits per heavy atom. The molecular weight excluding hydrogens is 382 g/mol. The molecule has 0 aliphatic rings. The van der Waals surface area contributed by atoms with E-state index in [0.717, 1.165) is 19.3 Å². The maximum atomic E-state index is 11.7. The molecule has 0 radical (unpaired) electrons. The second kappa shape index (κ2) is 9.60. The van der Waals surface area contributed by atoms with E-state index < -0.39 is 4.92 Å². The van der Waals surface area contributed by atoms with Crippen molar-refractivity contribution in [3.05, 3.63) is 76.1 Å². The van der Waals surface area contributed by atoms with E-state index in [9.17, 15) is 14.9 Å². The molecule has 0 unspecified atom stereocenters. The van der Waals surface area contributed by atoms with Crippen molar-refractivity contribution in [3.8, 4) is 0 Å². The first-order valence-electron chi connectivity index (χ1n) is 9.71. The summed E-state index contributed by atoms with van der Waals surface area (Å²) in [5, 5.41) is 17.7. The number of unbranched alkanes of at least 4 members (excludes halogenated alkanes) is 1. The van der Waals surface area contributed by atoms with Gasteiger partial charge in [-0.15, -0.1) is 0 Å². The van der Waals surface area contributed by atoms with Gasteiger partial charge in [-0.2, -0.15) is 0 Å². The molecule has 154 valence electrons. The number of nitrogens with one attached hydrogen (secondary N) is 2. The zero-order valence-corrected chi connectivity index (χ0v) is 16.9. The van der Waals surface area contributed by atoms with E-state index in [-0.39, 0.29) is 23.1 Å².